The summed E-state index contributed by atoms with van der Waals surface area (Å²) >= 11 is 0. The third-order valence-electron chi connectivity index (χ3n) is 3.65. The second-order valence-electron chi connectivity index (χ2n) is 5.12. The molecule has 0 heterocycles. The lowest BCUT2D eigenvalue weighted by Gasteiger charge is -2.04. The minimum Gasteiger partial charge on any atom is -0.481 e. The highest BCUT2D eigenvalue weighted by Gasteiger charge is 2.62. The Balaban J connectivity index is 2.33. The number of hydrogen-bond donors (Lipinski definition) is 1. The molecule has 2 atom stereocenters. The standard InChI is InChI=1S/C13H15FO2/c1-7-4-5-8(6-9(7)14)10-11(12(15)16)13(10,2)3/h4-6,10-11H,1-3H3,(H,15,16)/t10-,11+/m1/s1. The monoisotopic (exact) mass is 222 g/mol. The zero-order chi connectivity index (χ0) is 12.1. The van der Waals surface area contributed by atoms with Crippen LogP contribution in [0.1, 0.15) is 30.9 Å². The minimum atomic E-state index is -0.795. The van der Waals surface area contributed by atoms with Gasteiger partial charge in [0, 0.05) is 5.92 Å². The van der Waals surface area contributed by atoms with Crippen LogP contribution in [0.2, 0.25) is 0 Å². The first-order valence-electron chi connectivity index (χ1n) is 5.34. The fourth-order valence-corrected chi connectivity index (χ4v) is 2.52. The van der Waals surface area contributed by atoms with E-state index in [1.807, 2.05) is 19.9 Å². The Morgan fingerprint density at radius 2 is 2.06 bits per heavy atom. The topological polar surface area (TPSA) is 37.3 Å². The predicted octanol–water partition coefficient (Wildman–Crippen LogP) is 2.96. The SMILES string of the molecule is Cc1ccc([C@@H]2[C@@H](C(=O)O)C2(C)C)cc1F. The van der Waals surface area contributed by atoms with Crippen LogP contribution in [0.3, 0.4) is 0 Å². The highest BCUT2D eigenvalue weighted by atomic mass is 19.1. The van der Waals surface area contributed by atoms with Crippen molar-refractivity contribution in [1.82, 2.24) is 0 Å². The van der Waals surface area contributed by atoms with E-state index < -0.39 is 11.9 Å². The Bertz CT molecular complexity index is 451. The molecule has 1 aliphatic carbocycles. The van der Waals surface area contributed by atoms with Gasteiger partial charge in [-0.25, -0.2) is 4.39 Å². The molecule has 0 aromatic heterocycles. The van der Waals surface area contributed by atoms with Crippen molar-refractivity contribution in [1.29, 1.82) is 0 Å². The number of rotatable bonds is 2. The van der Waals surface area contributed by atoms with Crippen molar-refractivity contribution in [2.45, 2.75) is 26.7 Å². The summed E-state index contributed by atoms with van der Waals surface area (Å²) in [7, 11) is 0. The fraction of sp³-hybridized carbons (Fsp3) is 0.462. The first kappa shape index (κ1) is 11.1. The second-order valence-corrected chi connectivity index (χ2v) is 5.12. The summed E-state index contributed by atoms with van der Waals surface area (Å²) in [4.78, 5) is 11.0. The number of carbonyl (C=O) groups is 1. The summed E-state index contributed by atoms with van der Waals surface area (Å²) in [6.45, 7) is 5.52. The number of halogens is 1. The molecule has 1 aromatic carbocycles. The Labute approximate surface area is 94.1 Å². The molecule has 1 fully saturated rings. The largest absolute Gasteiger partial charge is 0.481 e. The molecule has 3 heteroatoms. The number of benzene rings is 1. The minimum absolute atomic E-state index is 0.0694. The van der Waals surface area contributed by atoms with Gasteiger partial charge in [-0.15, -0.1) is 0 Å². The lowest BCUT2D eigenvalue weighted by molar-refractivity contribution is -0.139. The molecule has 0 saturated heterocycles. The van der Waals surface area contributed by atoms with E-state index in [1.54, 1.807) is 13.0 Å². The van der Waals surface area contributed by atoms with Crippen LogP contribution in [0.25, 0.3) is 0 Å². The van der Waals surface area contributed by atoms with E-state index in [-0.39, 0.29) is 17.2 Å². The zero-order valence-corrected chi connectivity index (χ0v) is 9.62. The van der Waals surface area contributed by atoms with Gasteiger partial charge < -0.3 is 5.11 Å². The Morgan fingerprint density at radius 3 is 2.50 bits per heavy atom. The highest BCUT2D eigenvalue weighted by Crippen LogP contribution is 2.64. The Kier molecular flexibility index (Phi) is 2.30. The van der Waals surface area contributed by atoms with E-state index >= 15 is 0 Å². The van der Waals surface area contributed by atoms with Crippen molar-refractivity contribution >= 4 is 5.97 Å². The molecule has 0 unspecified atom stereocenters. The summed E-state index contributed by atoms with van der Waals surface area (Å²) in [5, 5.41) is 9.05. The Morgan fingerprint density at radius 1 is 1.44 bits per heavy atom. The molecule has 0 radical (unpaired) electrons. The molecule has 0 bridgehead atoms. The van der Waals surface area contributed by atoms with Crippen LogP contribution in [0.5, 0.6) is 0 Å². The van der Waals surface area contributed by atoms with Gasteiger partial charge in [-0.05, 0) is 29.5 Å². The molecule has 2 nitrogen and oxygen atoms in total. The van der Waals surface area contributed by atoms with E-state index in [9.17, 15) is 9.18 Å². The average molecular weight is 222 g/mol. The summed E-state index contributed by atoms with van der Waals surface area (Å²) in [5.41, 5.74) is 1.11. The molecule has 2 rings (SSSR count). The molecule has 0 aliphatic heterocycles. The van der Waals surface area contributed by atoms with Gasteiger partial charge in [0.25, 0.3) is 0 Å². The third kappa shape index (κ3) is 1.51. The maximum absolute atomic E-state index is 13.4. The van der Waals surface area contributed by atoms with E-state index in [4.69, 9.17) is 5.11 Å². The molecular weight excluding hydrogens is 207 g/mol. The molecule has 86 valence electrons. The molecule has 0 spiro atoms. The number of carboxylic acid groups (broad SMARTS) is 1. The molecule has 16 heavy (non-hydrogen) atoms. The number of aryl methyl sites for hydroxylation is 1. The van der Waals surface area contributed by atoms with Gasteiger partial charge in [-0.1, -0.05) is 26.0 Å². The quantitative estimate of drug-likeness (QED) is 0.835. The van der Waals surface area contributed by atoms with Crippen molar-refractivity contribution in [3.63, 3.8) is 0 Å². The smallest absolute Gasteiger partial charge is 0.307 e. The average Bonchev–Trinajstić information content (AvgIpc) is 2.74. The van der Waals surface area contributed by atoms with Gasteiger partial charge in [0.1, 0.15) is 5.82 Å². The lowest BCUT2D eigenvalue weighted by Crippen LogP contribution is -2.03. The van der Waals surface area contributed by atoms with Crippen LogP contribution < -0.4 is 0 Å². The summed E-state index contributed by atoms with van der Waals surface area (Å²) in [6, 6.07) is 5.00. The van der Waals surface area contributed by atoms with Crippen LogP contribution in [0, 0.1) is 24.1 Å². The Hall–Kier alpha value is -1.38. The number of carboxylic acids is 1. The van der Waals surface area contributed by atoms with Crippen LogP contribution in [-0.2, 0) is 4.79 Å². The van der Waals surface area contributed by atoms with Crippen molar-refractivity contribution in [2.75, 3.05) is 0 Å². The zero-order valence-electron chi connectivity index (χ0n) is 9.62. The van der Waals surface area contributed by atoms with E-state index in [2.05, 4.69) is 0 Å². The van der Waals surface area contributed by atoms with Crippen molar-refractivity contribution in [3.8, 4) is 0 Å². The fourth-order valence-electron chi connectivity index (χ4n) is 2.52. The summed E-state index contributed by atoms with van der Waals surface area (Å²) < 4.78 is 13.4. The lowest BCUT2D eigenvalue weighted by atomic mass is 10.0. The van der Waals surface area contributed by atoms with E-state index in [0.717, 1.165) is 5.56 Å². The van der Waals surface area contributed by atoms with Gasteiger partial charge in [0.05, 0.1) is 5.92 Å². The van der Waals surface area contributed by atoms with E-state index in [1.165, 1.54) is 6.07 Å². The predicted molar refractivity (Wildman–Crippen MR) is 58.8 cm³/mol. The van der Waals surface area contributed by atoms with Crippen LogP contribution in [-0.4, -0.2) is 11.1 Å². The van der Waals surface area contributed by atoms with Crippen LogP contribution in [0.15, 0.2) is 18.2 Å². The van der Waals surface area contributed by atoms with Crippen molar-refractivity contribution in [2.24, 2.45) is 11.3 Å². The first-order chi connectivity index (χ1) is 7.35. The summed E-state index contributed by atoms with van der Waals surface area (Å²) in [6.07, 6.45) is 0. The van der Waals surface area contributed by atoms with Crippen LogP contribution in [0.4, 0.5) is 4.39 Å². The normalized spacial score (nSPS) is 26.5. The van der Waals surface area contributed by atoms with Crippen LogP contribution >= 0.6 is 0 Å². The van der Waals surface area contributed by atoms with Gasteiger partial charge in [-0.2, -0.15) is 0 Å². The van der Waals surface area contributed by atoms with Gasteiger partial charge in [0.2, 0.25) is 0 Å². The molecule has 0 amide bonds. The maximum atomic E-state index is 13.4. The molecule has 1 aliphatic rings. The summed E-state index contributed by atoms with van der Waals surface area (Å²) in [5.74, 6) is -1.52. The molecular formula is C13H15FO2. The van der Waals surface area contributed by atoms with Crippen molar-refractivity contribution in [3.05, 3.63) is 35.1 Å². The van der Waals surface area contributed by atoms with Gasteiger partial charge in [0.15, 0.2) is 0 Å². The van der Waals surface area contributed by atoms with E-state index in [0.29, 0.717) is 5.56 Å². The molecule has 1 aromatic rings. The first-order valence-corrected chi connectivity index (χ1v) is 5.34. The van der Waals surface area contributed by atoms with Gasteiger partial charge >= 0.3 is 5.97 Å². The van der Waals surface area contributed by atoms with Gasteiger partial charge in [-0.3, -0.25) is 4.79 Å². The molecule has 1 N–H and O–H groups in total. The van der Waals surface area contributed by atoms with Crippen molar-refractivity contribution < 1.29 is 14.3 Å². The number of aliphatic carboxylic acids is 1. The highest BCUT2D eigenvalue weighted by molar-refractivity contribution is 5.77. The molecule has 1 saturated carbocycles. The second kappa shape index (κ2) is 3.30. The number of hydrogen-bond acceptors (Lipinski definition) is 1. The third-order valence-corrected chi connectivity index (χ3v) is 3.65. The maximum Gasteiger partial charge on any atom is 0.307 e.